The summed E-state index contributed by atoms with van der Waals surface area (Å²) in [5.41, 5.74) is 13.5. The van der Waals surface area contributed by atoms with Gasteiger partial charge in [0.25, 0.3) is 16.8 Å². The maximum absolute atomic E-state index is 12.5. The van der Waals surface area contributed by atoms with Crippen LogP contribution in [-0.2, 0) is 33.2 Å². The van der Waals surface area contributed by atoms with E-state index in [1.807, 2.05) is 90.1 Å². The van der Waals surface area contributed by atoms with E-state index in [4.69, 9.17) is 62.5 Å². The molecule has 2 aromatic carbocycles. The molecule has 4 unspecified atom stereocenters. The fourth-order valence-corrected chi connectivity index (χ4v) is 11.3. The second kappa shape index (κ2) is 31.9. The standard InChI is InChI=1S/C24H27N3O6.C11H15N3O2.C11H17NO2.C11H16O3.C6H12O2.C6H10O2/c1-5-24(11-32-12-24)22(16-10-9-13(2)33-16)26-18-17(20(29)21(18)30)25-15-8-6-7-14(19(15)28)23(31)27(3)4;1-3-11(6-15-7-11)10(13-14-12)9-5-4-8(2)16-9;2*1-3-11(6-13-7-11)10(12)9-5-4-8(2)14-9;2*1-2-6(3-7)4-8-5-6/h6-10,22,25-26,28H,5,11-12H2,1-4H3;4-5,10H,3,6-7H2,1-2H3;4-5,10H,3,6-7,12H2,1-2H3;4-5,10,12H,3,6-7H2,1-2H3;7H,2-5H2,1H3;3H,2,4-5H2,1H3. The second-order valence-corrected chi connectivity index (χ2v) is 26.0. The molecule has 24 nitrogen and oxygen atoms in total. The number of aryl methyl sites for hydroxylation is 4. The first-order valence-electron chi connectivity index (χ1n) is 32.1. The predicted molar refractivity (Wildman–Crippen MR) is 349 cm³/mol. The molecule has 7 N–H and O–H groups in total. The minimum Gasteiger partial charge on any atom is -0.505 e. The number of furan rings is 4. The number of nitrogens with two attached hydrogens (primary N) is 1. The van der Waals surface area contributed by atoms with Crippen LogP contribution < -0.4 is 27.2 Å². The number of ether oxygens (including phenoxy) is 6. The second-order valence-electron chi connectivity index (χ2n) is 26.0. The highest BCUT2D eigenvalue weighted by molar-refractivity contribution is 5.99. The van der Waals surface area contributed by atoms with Crippen molar-refractivity contribution in [3.05, 3.63) is 149 Å². The zero-order chi connectivity index (χ0) is 67.9. The normalized spacial score (nSPS) is 19.6. The molecule has 24 heteroatoms. The third-order valence-electron chi connectivity index (χ3n) is 19.5. The van der Waals surface area contributed by atoms with Gasteiger partial charge < -0.3 is 87.5 Å². The number of benzene rings is 1. The van der Waals surface area contributed by atoms with Crippen molar-refractivity contribution in [2.75, 3.05) is 111 Å². The number of anilines is 3. The Bertz CT molecular complexity index is 3380. The molecule has 1 amide bonds. The summed E-state index contributed by atoms with van der Waals surface area (Å²) in [5.74, 6) is 5.57. The van der Waals surface area contributed by atoms with E-state index in [9.17, 15) is 29.4 Å². The number of amides is 1. The first-order chi connectivity index (χ1) is 44.4. The van der Waals surface area contributed by atoms with Gasteiger partial charge in [0, 0.05) is 40.7 Å². The van der Waals surface area contributed by atoms with Crippen molar-refractivity contribution in [2.24, 2.45) is 43.3 Å². The number of hydrogen-bond donors (Lipinski definition) is 6. The molecule has 0 aliphatic carbocycles. The Morgan fingerprint density at radius 2 is 1.06 bits per heavy atom. The Morgan fingerprint density at radius 1 is 0.613 bits per heavy atom. The van der Waals surface area contributed by atoms with E-state index in [-0.39, 0.29) is 91.5 Å². The highest BCUT2D eigenvalue weighted by Crippen LogP contribution is 2.49. The van der Waals surface area contributed by atoms with Crippen molar-refractivity contribution in [3.8, 4) is 5.75 Å². The topological polar surface area (TPSA) is 339 Å². The molecule has 0 spiro atoms. The molecule has 12 rings (SSSR count). The fraction of sp³-hybridized carbons (Fsp3) is 0.594. The third-order valence-corrected chi connectivity index (χ3v) is 19.5. The van der Waals surface area contributed by atoms with Crippen molar-refractivity contribution >= 4 is 29.3 Å². The number of phenols is 1. The predicted octanol–water partition coefficient (Wildman–Crippen LogP) is 11.4. The molecule has 0 bridgehead atoms. The van der Waals surface area contributed by atoms with Crippen molar-refractivity contribution in [3.63, 3.8) is 0 Å². The molecule has 93 heavy (non-hydrogen) atoms. The number of carbonyl (C=O) groups is 2. The molecular formula is C69H97N7O17. The van der Waals surface area contributed by atoms with E-state index in [1.165, 1.54) is 17.0 Å². The van der Waals surface area contributed by atoms with Crippen LogP contribution in [0, 0.1) is 60.2 Å². The van der Waals surface area contributed by atoms with E-state index >= 15 is 0 Å². The number of para-hydroxylation sites is 1. The van der Waals surface area contributed by atoms with Gasteiger partial charge in [-0.15, -0.1) is 0 Å². The lowest BCUT2D eigenvalue weighted by atomic mass is 9.74. The van der Waals surface area contributed by atoms with Crippen LogP contribution in [0.5, 0.6) is 5.75 Å². The number of aldehydes is 1. The molecular weight excluding hydrogens is 1200 g/mol. The largest absolute Gasteiger partial charge is 0.505 e. The van der Waals surface area contributed by atoms with Gasteiger partial charge in [-0.25, -0.2) is 0 Å². The minimum absolute atomic E-state index is 0.0320. The number of azide groups is 1. The number of hydrogen-bond acceptors (Lipinski definition) is 21. The zero-order valence-corrected chi connectivity index (χ0v) is 56.1. The maximum atomic E-state index is 12.5. The first-order valence-corrected chi connectivity index (χ1v) is 32.1. The average molecular weight is 1300 g/mol. The number of rotatable bonds is 22. The summed E-state index contributed by atoms with van der Waals surface area (Å²) in [4.78, 5) is 51.8. The Morgan fingerprint density at radius 3 is 1.40 bits per heavy atom. The number of aromatic hydroxyl groups is 1. The summed E-state index contributed by atoms with van der Waals surface area (Å²) in [6.45, 7) is 28.0. The first kappa shape index (κ1) is 73.3. The van der Waals surface area contributed by atoms with Gasteiger partial charge >= 0.3 is 0 Å². The van der Waals surface area contributed by atoms with Crippen LogP contribution in [0.15, 0.2) is 99.1 Å². The van der Waals surface area contributed by atoms with E-state index in [2.05, 4.69) is 48.4 Å². The Labute approximate surface area is 544 Å². The molecule has 6 aliphatic heterocycles. The van der Waals surface area contributed by atoms with Gasteiger partial charge in [0.15, 0.2) is 5.75 Å². The minimum atomic E-state index is -0.703. The Balaban J connectivity index is 0.000000172. The molecule has 10 heterocycles. The van der Waals surface area contributed by atoms with Gasteiger partial charge in [0.1, 0.15) is 75.9 Å². The molecule has 6 aromatic rings. The maximum Gasteiger partial charge on any atom is 0.257 e. The summed E-state index contributed by atoms with van der Waals surface area (Å²) < 4.78 is 53.4. The lowest BCUT2D eigenvalue weighted by Gasteiger charge is -2.46. The van der Waals surface area contributed by atoms with Crippen molar-refractivity contribution < 1.29 is 71.0 Å². The molecule has 6 aliphatic rings. The smallest absolute Gasteiger partial charge is 0.257 e. The number of nitrogens with zero attached hydrogens (tertiary/aromatic N) is 4. The summed E-state index contributed by atoms with van der Waals surface area (Å²) in [5, 5.41) is 39.4. The zero-order valence-electron chi connectivity index (χ0n) is 56.1. The van der Waals surface area contributed by atoms with Crippen LogP contribution in [0.4, 0.5) is 17.1 Å². The van der Waals surface area contributed by atoms with Gasteiger partial charge in [-0.1, -0.05) is 52.7 Å². The van der Waals surface area contributed by atoms with Crippen molar-refractivity contribution in [1.82, 2.24) is 4.90 Å². The molecule has 6 fully saturated rings. The Kier molecular flexibility index (Phi) is 25.1. The van der Waals surface area contributed by atoms with E-state index in [0.717, 1.165) is 106 Å². The highest BCUT2D eigenvalue weighted by atomic mass is 16.5. The molecule has 0 saturated carbocycles. The molecule has 510 valence electrons. The van der Waals surface area contributed by atoms with Crippen LogP contribution in [0.3, 0.4) is 0 Å². The Hall–Kier alpha value is -7.09. The number of aliphatic hydroxyl groups is 2. The molecule has 6 saturated heterocycles. The van der Waals surface area contributed by atoms with Crippen LogP contribution in [0.2, 0.25) is 0 Å². The number of nitrogens with one attached hydrogen (secondary N) is 2. The quantitative estimate of drug-likeness (QED) is 0.00918. The van der Waals surface area contributed by atoms with Crippen molar-refractivity contribution in [2.45, 2.75) is 132 Å². The van der Waals surface area contributed by atoms with Crippen molar-refractivity contribution in [1.29, 1.82) is 0 Å². The van der Waals surface area contributed by atoms with Crippen LogP contribution in [0.25, 0.3) is 10.4 Å². The SMILES string of the molecule is CCC1(C(N)c2ccc(C)o2)COC1.CCC1(C(N=[N+]=[N-])c2ccc(C)o2)COC1.CCC1(C(Nc2c(Nc3cccc(C(=O)N(C)C)c3O)c(=O)c2=O)c2ccc(C)o2)COC1.CCC1(C(O)c2ccc(C)o2)COC1.CCC1(C=O)COC1.CCC1(CO)COC1. The summed E-state index contributed by atoms with van der Waals surface area (Å²) in [6, 6.07) is 19.0. The molecule has 4 atom stereocenters. The number of phenolic OH excluding ortho intramolecular Hbond substituents is 1. The third kappa shape index (κ3) is 16.2. The highest BCUT2D eigenvalue weighted by Gasteiger charge is 2.49. The lowest BCUT2D eigenvalue weighted by Crippen LogP contribution is -2.50. The van der Waals surface area contributed by atoms with E-state index in [1.54, 1.807) is 20.2 Å². The average Bonchev–Trinajstić information content (AvgIpc) is 1.60. The van der Waals surface area contributed by atoms with Gasteiger partial charge in [0.2, 0.25) is 0 Å². The molecule has 4 aromatic heterocycles. The van der Waals surface area contributed by atoms with Gasteiger partial charge in [-0.2, -0.15) is 0 Å². The van der Waals surface area contributed by atoms with Gasteiger partial charge in [-0.05, 0) is 132 Å². The van der Waals surface area contributed by atoms with Gasteiger partial charge in [0.05, 0.1) is 120 Å². The van der Waals surface area contributed by atoms with Gasteiger partial charge in [-0.3, -0.25) is 14.4 Å². The monoisotopic (exact) mass is 1300 g/mol. The number of carbonyl (C=O) groups excluding carboxylic acids is 2. The summed E-state index contributed by atoms with van der Waals surface area (Å²) in [6.07, 6.45) is 6.06. The van der Waals surface area contributed by atoms with Crippen LogP contribution in [-0.4, -0.2) is 132 Å². The molecule has 0 radical (unpaired) electrons. The van der Waals surface area contributed by atoms with E-state index < -0.39 is 17.0 Å². The summed E-state index contributed by atoms with van der Waals surface area (Å²) in [7, 11) is 3.15. The number of aliphatic hydroxyl groups excluding tert-OH is 2. The fourth-order valence-electron chi connectivity index (χ4n) is 11.3. The lowest BCUT2D eigenvalue weighted by molar-refractivity contribution is -0.180. The summed E-state index contributed by atoms with van der Waals surface area (Å²) >= 11 is 0. The van der Waals surface area contributed by atoms with Crippen LogP contribution in [0.1, 0.15) is 161 Å². The van der Waals surface area contributed by atoms with E-state index in [0.29, 0.717) is 64.4 Å². The van der Waals surface area contributed by atoms with Crippen LogP contribution >= 0.6 is 0 Å².